The minimum Gasteiger partial charge on any atom is -0.497 e. The van der Waals surface area contributed by atoms with Crippen molar-refractivity contribution in [2.24, 2.45) is 0 Å². The molecule has 1 aliphatic heterocycles. The third kappa shape index (κ3) is 7.41. The Hall–Kier alpha value is -2.79. The van der Waals surface area contributed by atoms with Gasteiger partial charge in [-0.15, -0.1) is 0 Å². The fraction of sp³-hybridized carbons (Fsp3) is 0.444. The highest BCUT2D eigenvalue weighted by molar-refractivity contribution is 5.89. The first kappa shape index (κ1) is 23.9. The molecule has 0 bridgehead atoms. The lowest BCUT2D eigenvalue weighted by molar-refractivity contribution is 0.152. The summed E-state index contributed by atoms with van der Waals surface area (Å²) >= 11 is 0. The smallest absolute Gasteiger partial charge is 0.322 e. The number of anilines is 1. The van der Waals surface area contributed by atoms with Crippen LogP contribution in [0.5, 0.6) is 5.75 Å². The molecule has 172 valence electrons. The number of ether oxygens (including phenoxy) is 1. The molecule has 0 spiro atoms. The van der Waals surface area contributed by atoms with E-state index in [9.17, 15) is 4.79 Å². The highest BCUT2D eigenvalue weighted by atomic mass is 16.5. The van der Waals surface area contributed by atoms with E-state index >= 15 is 0 Å². The molecule has 0 radical (unpaired) electrons. The first-order chi connectivity index (χ1) is 15.5. The van der Waals surface area contributed by atoms with Gasteiger partial charge in [0.15, 0.2) is 0 Å². The molecule has 0 aromatic heterocycles. The number of urea groups is 1. The summed E-state index contributed by atoms with van der Waals surface area (Å²) in [7, 11) is 1.64. The van der Waals surface area contributed by atoms with Crippen molar-refractivity contribution in [1.82, 2.24) is 9.80 Å². The van der Waals surface area contributed by atoms with Crippen LogP contribution in [0.2, 0.25) is 0 Å². The Balaban J connectivity index is 1.64. The van der Waals surface area contributed by atoms with Crippen LogP contribution < -0.4 is 10.1 Å². The van der Waals surface area contributed by atoms with Crippen LogP contribution in [0.15, 0.2) is 60.2 Å². The van der Waals surface area contributed by atoms with Crippen molar-refractivity contribution in [3.05, 3.63) is 65.7 Å². The number of benzene rings is 2. The van der Waals surface area contributed by atoms with Crippen LogP contribution in [0, 0.1) is 0 Å². The SMILES string of the molecule is COc1ccc(NC(=O)N(CCCN2CCCCC2C)C/C(C)=C/c2ccccc2)cc1. The van der Waals surface area contributed by atoms with Crippen molar-refractivity contribution in [2.75, 3.05) is 38.6 Å². The van der Waals surface area contributed by atoms with Gasteiger partial charge in [-0.1, -0.05) is 48.4 Å². The molecule has 32 heavy (non-hydrogen) atoms. The second kappa shape index (κ2) is 12.3. The lowest BCUT2D eigenvalue weighted by Gasteiger charge is -2.34. The summed E-state index contributed by atoms with van der Waals surface area (Å²) in [4.78, 5) is 17.6. The average molecular weight is 436 g/mol. The van der Waals surface area contributed by atoms with E-state index in [1.165, 1.54) is 25.8 Å². The van der Waals surface area contributed by atoms with Gasteiger partial charge in [0.25, 0.3) is 0 Å². The van der Waals surface area contributed by atoms with Crippen LogP contribution in [0.3, 0.4) is 0 Å². The molecule has 1 N–H and O–H groups in total. The van der Waals surface area contributed by atoms with Crippen molar-refractivity contribution in [3.63, 3.8) is 0 Å². The first-order valence-corrected chi connectivity index (χ1v) is 11.7. The Morgan fingerprint density at radius 2 is 1.91 bits per heavy atom. The van der Waals surface area contributed by atoms with E-state index in [0.717, 1.165) is 42.1 Å². The fourth-order valence-electron chi connectivity index (χ4n) is 4.26. The Labute approximate surface area is 193 Å². The summed E-state index contributed by atoms with van der Waals surface area (Å²) in [6, 6.07) is 18.3. The third-order valence-corrected chi connectivity index (χ3v) is 6.10. The van der Waals surface area contributed by atoms with Crippen LogP contribution in [0.1, 0.15) is 45.1 Å². The van der Waals surface area contributed by atoms with E-state index in [1.54, 1.807) is 7.11 Å². The van der Waals surface area contributed by atoms with E-state index in [-0.39, 0.29) is 6.03 Å². The Kier molecular flexibility index (Phi) is 9.17. The minimum atomic E-state index is -0.0670. The topological polar surface area (TPSA) is 44.8 Å². The number of nitrogens with zero attached hydrogens (tertiary/aromatic N) is 2. The molecule has 3 rings (SSSR count). The Morgan fingerprint density at radius 3 is 2.59 bits per heavy atom. The van der Waals surface area contributed by atoms with Gasteiger partial charge in [-0.3, -0.25) is 0 Å². The summed E-state index contributed by atoms with van der Waals surface area (Å²) in [5, 5.41) is 3.05. The van der Waals surface area contributed by atoms with E-state index in [1.807, 2.05) is 47.4 Å². The molecule has 5 nitrogen and oxygen atoms in total. The number of hydrogen-bond donors (Lipinski definition) is 1. The van der Waals surface area contributed by atoms with E-state index < -0.39 is 0 Å². The Morgan fingerprint density at radius 1 is 1.16 bits per heavy atom. The standard InChI is InChI=1S/C27H37N3O2/c1-22(20-24-11-5-4-6-12-24)21-30(19-9-18-29-17-8-7-10-23(29)2)27(31)28-25-13-15-26(32-3)16-14-25/h4-6,11-16,20,23H,7-10,17-19,21H2,1-3H3,(H,28,31)/b22-20+. The molecule has 0 aliphatic carbocycles. The molecular weight excluding hydrogens is 398 g/mol. The molecule has 5 heteroatoms. The number of piperidine rings is 1. The van der Waals surface area contributed by atoms with Crippen LogP contribution >= 0.6 is 0 Å². The van der Waals surface area contributed by atoms with Crippen LogP contribution in [-0.4, -0.2) is 55.2 Å². The largest absolute Gasteiger partial charge is 0.497 e. The van der Waals surface area contributed by atoms with Gasteiger partial charge in [0.2, 0.25) is 0 Å². The maximum absolute atomic E-state index is 13.1. The van der Waals surface area contributed by atoms with E-state index in [4.69, 9.17) is 4.74 Å². The molecule has 1 saturated heterocycles. The van der Waals surface area contributed by atoms with E-state index in [2.05, 4.69) is 42.3 Å². The second-order valence-corrected chi connectivity index (χ2v) is 8.72. The highest BCUT2D eigenvalue weighted by Gasteiger charge is 2.19. The van der Waals surface area contributed by atoms with Crippen LogP contribution in [0.25, 0.3) is 6.08 Å². The summed E-state index contributed by atoms with van der Waals surface area (Å²) in [6.45, 7) is 7.95. The predicted octanol–water partition coefficient (Wildman–Crippen LogP) is 5.90. The number of amides is 2. The molecular formula is C27H37N3O2. The molecule has 1 heterocycles. The van der Waals surface area contributed by atoms with Gasteiger partial charge in [-0.05, 0) is 69.5 Å². The molecule has 2 amide bonds. The molecule has 1 aliphatic rings. The summed E-state index contributed by atoms with van der Waals surface area (Å²) in [5.41, 5.74) is 3.09. The van der Waals surface area contributed by atoms with Crippen molar-refractivity contribution in [1.29, 1.82) is 0 Å². The minimum absolute atomic E-state index is 0.0670. The molecule has 1 unspecified atom stereocenters. The van der Waals surface area contributed by atoms with Gasteiger partial charge >= 0.3 is 6.03 Å². The number of carbonyl (C=O) groups is 1. The monoisotopic (exact) mass is 435 g/mol. The third-order valence-electron chi connectivity index (χ3n) is 6.10. The van der Waals surface area contributed by atoms with Crippen molar-refractivity contribution in [2.45, 2.75) is 45.6 Å². The molecule has 2 aromatic carbocycles. The number of methoxy groups -OCH3 is 1. The van der Waals surface area contributed by atoms with Crippen LogP contribution in [0.4, 0.5) is 10.5 Å². The van der Waals surface area contributed by atoms with Gasteiger partial charge in [0.1, 0.15) is 5.75 Å². The Bertz CT molecular complexity index is 864. The summed E-state index contributed by atoms with van der Waals surface area (Å²) in [5.74, 6) is 0.775. The second-order valence-electron chi connectivity index (χ2n) is 8.72. The number of carbonyl (C=O) groups excluding carboxylic acids is 1. The molecule has 0 saturated carbocycles. The molecule has 2 aromatic rings. The highest BCUT2D eigenvalue weighted by Crippen LogP contribution is 2.18. The maximum atomic E-state index is 13.1. The van der Waals surface area contributed by atoms with Gasteiger partial charge in [0.05, 0.1) is 7.11 Å². The quantitative estimate of drug-likeness (QED) is 0.533. The van der Waals surface area contributed by atoms with Crippen LogP contribution in [-0.2, 0) is 0 Å². The lowest BCUT2D eigenvalue weighted by Crippen LogP contribution is -2.41. The molecule has 1 fully saturated rings. The van der Waals surface area contributed by atoms with E-state index in [0.29, 0.717) is 12.6 Å². The van der Waals surface area contributed by atoms with Gasteiger partial charge < -0.3 is 19.9 Å². The van der Waals surface area contributed by atoms with Gasteiger partial charge in [-0.2, -0.15) is 0 Å². The normalized spacial score (nSPS) is 17.1. The molecule has 1 atom stereocenters. The predicted molar refractivity (Wildman–Crippen MR) is 133 cm³/mol. The van der Waals surface area contributed by atoms with Crippen molar-refractivity contribution >= 4 is 17.8 Å². The fourth-order valence-corrected chi connectivity index (χ4v) is 4.26. The maximum Gasteiger partial charge on any atom is 0.322 e. The average Bonchev–Trinajstić information content (AvgIpc) is 2.80. The van der Waals surface area contributed by atoms with Gasteiger partial charge in [0, 0.05) is 31.4 Å². The number of nitrogens with one attached hydrogen (secondary N) is 1. The first-order valence-electron chi connectivity index (χ1n) is 11.7. The summed E-state index contributed by atoms with van der Waals surface area (Å²) < 4.78 is 5.21. The zero-order valence-corrected chi connectivity index (χ0v) is 19.7. The summed E-state index contributed by atoms with van der Waals surface area (Å²) in [6.07, 6.45) is 7.02. The number of rotatable bonds is 9. The zero-order valence-electron chi connectivity index (χ0n) is 19.7. The number of likely N-dealkylation sites (tertiary alicyclic amines) is 1. The van der Waals surface area contributed by atoms with Crippen molar-refractivity contribution in [3.8, 4) is 5.75 Å². The number of hydrogen-bond acceptors (Lipinski definition) is 3. The lowest BCUT2D eigenvalue weighted by atomic mass is 10.0. The zero-order chi connectivity index (χ0) is 22.8. The van der Waals surface area contributed by atoms with Crippen molar-refractivity contribution < 1.29 is 9.53 Å². The van der Waals surface area contributed by atoms with Gasteiger partial charge in [-0.25, -0.2) is 4.79 Å².